The van der Waals surface area contributed by atoms with Gasteiger partial charge in [-0.25, -0.2) is 18.6 Å². The van der Waals surface area contributed by atoms with Crippen molar-refractivity contribution >= 4 is 6.09 Å². The summed E-state index contributed by atoms with van der Waals surface area (Å²) in [6, 6.07) is 0.225. The number of aromatic nitrogens is 1. The van der Waals surface area contributed by atoms with Crippen LogP contribution in [-0.2, 0) is 10.7 Å². The molecule has 26 heavy (non-hydrogen) atoms. The molecule has 2 rings (SSSR count). The van der Waals surface area contributed by atoms with Gasteiger partial charge in [0.1, 0.15) is 17.1 Å². The highest BCUT2D eigenvalue weighted by molar-refractivity contribution is 5.68. The Hall–Kier alpha value is -1.90. The first kappa shape index (κ1) is 20.4. The molecular weight excluding hydrogens is 354 g/mol. The molecule has 0 aromatic carbocycles. The summed E-state index contributed by atoms with van der Waals surface area (Å²) in [5, 5.41) is 2.72. The number of nitrogens with one attached hydrogen (secondary N) is 1. The molecule has 146 valence electrons. The van der Waals surface area contributed by atoms with E-state index in [1.807, 2.05) is 0 Å². The highest BCUT2D eigenvalue weighted by Crippen LogP contribution is 2.30. The highest BCUT2D eigenvalue weighted by atomic mass is 19.3. The monoisotopic (exact) mass is 377 g/mol. The predicted molar refractivity (Wildman–Crippen MR) is 86.9 cm³/mol. The number of halogens is 4. The fourth-order valence-corrected chi connectivity index (χ4v) is 2.75. The Morgan fingerprint density at radius 2 is 1.92 bits per heavy atom. The first-order valence-electron chi connectivity index (χ1n) is 8.37. The van der Waals surface area contributed by atoms with Gasteiger partial charge < -0.3 is 10.1 Å². The van der Waals surface area contributed by atoms with E-state index < -0.39 is 41.5 Å². The van der Waals surface area contributed by atoms with Crippen molar-refractivity contribution in [1.82, 2.24) is 15.2 Å². The van der Waals surface area contributed by atoms with Gasteiger partial charge >= 0.3 is 12.0 Å². The van der Waals surface area contributed by atoms with Gasteiger partial charge in [-0.1, -0.05) is 0 Å². The number of rotatable bonds is 4. The maximum Gasteiger partial charge on any atom is 0.407 e. The zero-order valence-electron chi connectivity index (χ0n) is 15.0. The van der Waals surface area contributed by atoms with Gasteiger partial charge in [-0.15, -0.1) is 0 Å². The number of pyridine rings is 1. The third-order valence-electron chi connectivity index (χ3n) is 3.88. The Labute approximate surface area is 149 Å². The van der Waals surface area contributed by atoms with Crippen LogP contribution in [0.2, 0.25) is 0 Å². The molecule has 1 N–H and O–H groups in total. The first-order chi connectivity index (χ1) is 12.0. The van der Waals surface area contributed by atoms with Gasteiger partial charge in [-0.05, 0) is 33.6 Å². The van der Waals surface area contributed by atoms with Gasteiger partial charge in [-0.2, -0.15) is 8.78 Å². The number of ether oxygens (including phenoxy) is 1. The van der Waals surface area contributed by atoms with Crippen molar-refractivity contribution in [2.75, 3.05) is 19.6 Å². The van der Waals surface area contributed by atoms with Gasteiger partial charge in [-0.3, -0.25) is 4.90 Å². The molecule has 0 bridgehead atoms. The lowest BCUT2D eigenvalue weighted by atomic mass is 10.0. The van der Waals surface area contributed by atoms with Gasteiger partial charge in [0.15, 0.2) is 5.82 Å². The van der Waals surface area contributed by atoms with E-state index in [-0.39, 0.29) is 6.04 Å². The molecule has 1 aromatic rings. The molecule has 1 saturated heterocycles. The van der Waals surface area contributed by atoms with Crippen LogP contribution >= 0.6 is 0 Å². The fourth-order valence-electron chi connectivity index (χ4n) is 2.75. The van der Waals surface area contributed by atoms with Crippen molar-refractivity contribution < 1.29 is 27.1 Å². The van der Waals surface area contributed by atoms with Crippen LogP contribution in [0.3, 0.4) is 0 Å². The van der Waals surface area contributed by atoms with E-state index in [0.717, 1.165) is 0 Å². The fraction of sp³-hybridized carbons (Fsp3) is 0.647. The highest BCUT2D eigenvalue weighted by Gasteiger charge is 2.39. The normalized spacial score (nSPS) is 17.2. The lowest BCUT2D eigenvalue weighted by Gasteiger charge is -2.34. The standard InChI is InChI=1S/C17H23F4N3O2/c1-16(2,3)26-15(25)23-12-4-6-24(7-5-12)10-17(20,21)14-13(19)8-11(18)9-22-14/h8-9,12H,4-7,10H2,1-3H3,(H,23,25). The maximum absolute atomic E-state index is 14.3. The van der Waals surface area contributed by atoms with Crippen molar-refractivity contribution in [1.29, 1.82) is 0 Å². The molecule has 0 saturated carbocycles. The Bertz CT molecular complexity index is 641. The smallest absolute Gasteiger partial charge is 0.407 e. The number of carbonyl (C=O) groups excluding carboxylic acids is 1. The van der Waals surface area contributed by atoms with E-state index in [4.69, 9.17) is 4.74 Å². The number of piperidine rings is 1. The average molecular weight is 377 g/mol. The van der Waals surface area contributed by atoms with Crippen molar-refractivity contribution in [3.05, 3.63) is 29.6 Å². The minimum absolute atomic E-state index is 0.171. The summed E-state index contributed by atoms with van der Waals surface area (Å²) in [6.07, 6.45) is 0.964. The first-order valence-corrected chi connectivity index (χ1v) is 8.37. The molecule has 1 amide bonds. The third-order valence-corrected chi connectivity index (χ3v) is 3.88. The molecule has 0 aliphatic carbocycles. The summed E-state index contributed by atoms with van der Waals surface area (Å²) in [7, 11) is 0. The second-order valence-electron chi connectivity index (χ2n) is 7.39. The summed E-state index contributed by atoms with van der Waals surface area (Å²) < 4.78 is 60.1. The molecule has 1 fully saturated rings. The molecule has 0 radical (unpaired) electrons. The minimum Gasteiger partial charge on any atom is -0.444 e. The molecule has 1 aliphatic rings. The molecule has 2 heterocycles. The van der Waals surface area contributed by atoms with Crippen LogP contribution in [0.4, 0.5) is 22.4 Å². The number of alkyl halides is 2. The number of hydrogen-bond acceptors (Lipinski definition) is 4. The molecule has 1 aliphatic heterocycles. The molecule has 0 atom stereocenters. The Balaban J connectivity index is 1.87. The van der Waals surface area contributed by atoms with E-state index >= 15 is 0 Å². The largest absolute Gasteiger partial charge is 0.444 e. The number of alkyl carbamates (subject to hydrolysis) is 1. The molecule has 5 nitrogen and oxygen atoms in total. The summed E-state index contributed by atoms with van der Waals surface area (Å²) in [5.74, 6) is -5.91. The van der Waals surface area contributed by atoms with Crippen molar-refractivity contribution in [3.63, 3.8) is 0 Å². The zero-order valence-corrected chi connectivity index (χ0v) is 15.0. The molecule has 1 aromatic heterocycles. The van der Waals surface area contributed by atoms with E-state index in [0.29, 0.717) is 38.2 Å². The lowest BCUT2D eigenvalue weighted by Crippen LogP contribution is -2.48. The molecule has 9 heteroatoms. The van der Waals surface area contributed by atoms with Crippen molar-refractivity contribution in [2.45, 2.75) is 51.2 Å². The SMILES string of the molecule is CC(C)(C)OC(=O)NC1CCN(CC(F)(F)c2ncc(F)cc2F)CC1. The minimum atomic E-state index is -3.54. The van der Waals surface area contributed by atoms with Crippen LogP contribution in [0, 0.1) is 11.6 Å². The quantitative estimate of drug-likeness (QED) is 0.817. The molecular formula is C17H23F4N3O2. The van der Waals surface area contributed by atoms with E-state index in [9.17, 15) is 22.4 Å². The summed E-state index contributed by atoms with van der Waals surface area (Å²) >= 11 is 0. The molecule has 0 spiro atoms. The van der Waals surface area contributed by atoms with Gasteiger partial charge in [0.05, 0.1) is 12.7 Å². The number of nitrogens with zero attached hydrogens (tertiary/aromatic N) is 2. The summed E-state index contributed by atoms with van der Waals surface area (Å²) in [4.78, 5) is 16.4. The summed E-state index contributed by atoms with van der Waals surface area (Å²) in [5.41, 5.74) is -1.67. The van der Waals surface area contributed by atoms with Crippen LogP contribution in [-0.4, -0.2) is 47.3 Å². The topological polar surface area (TPSA) is 54.5 Å². The Kier molecular flexibility index (Phi) is 6.10. The second kappa shape index (κ2) is 7.77. The van der Waals surface area contributed by atoms with Crippen LogP contribution in [0.25, 0.3) is 0 Å². The number of hydrogen-bond donors (Lipinski definition) is 1. The number of likely N-dealkylation sites (tertiary alicyclic amines) is 1. The Morgan fingerprint density at radius 1 is 1.31 bits per heavy atom. The number of amides is 1. The van der Waals surface area contributed by atoms with Gasteiger partial charge in [0, 0.05) is 25.2 Å². The van der Waals surface area contributed by atoms with Crippen molar-refractivity contribution in [2.24, 2.45) is 0 Å². The van der Waals surface area contributed by atoms with Crippen molar-refractivity contribution in [3.8, 4) is 0 Å². The van der Waals surface area contributed by atoms with Gasteiger partial charge in [0.25, 0.3) is 0 Å². The van der Waals surface area contributed by atoms with Gasteiger partial charge in [0.2, 0.25) is 0 Å². The zero-order chi connectivity index (χ0) is 19.5. The third kappa shape index (κ3) is 5.82. The van der Waals surface area contributed by atoms with Crippen LogP contribution in [0.5, 0.6) is 0 Å². The van der Waals surface area contributed by atoms with Crippen LogP contribution < -0.4 is 5.32 Å². The maximum atomic E-state index is 14.3. The average Bonchev–Trinajstić information content (AvgIpc) is 2.46. The Morgan fingerprint density at radius 3 is 2.46 bits per heavy atom. The van der Waals surface area contributed by atoms with Crippen LogP contribution in [0.15, 0.2) is 12.3 Å². The van der Waals surface area contributed by atoms with E-state index in [2.05, 4.69) is 10.3 Å². The molecule has 0 unspecified atom stereocenters. The van der Waals surface area contributed by atoms with E-state index in [1.54, 1.807) is 20.8 Å². The summed E-state index contributed by atoms with van der Waals surface area (Å²) in [6.45, 7) is 5.14. The second-order valence-corrected chi connectivity index (χ2v) is 7.39. The van der Waals surface area contributed by atoms with Crippen LogP contribution in [0.1, 0.15) is 39.3 Å². The van der Waals surface area contributed by atoms with E-state index in [1.165, 1.54) is 4.90 Å². The number of carbonyl (C=O) groups is 1. The predicted octanol–water partition coefficient (Wildman–Crippen LogP) is 3.44. The lowest BCUT2D eigenvalue weighted by molar-refractivity contribution is -0.0499.